The lowest BCUT2D eigenvalue weighted by Gasteiger charge is -2.11. The summed E-state index contributed by atoms with van der Waals surface area (Å²) < 4.78 is 61.3. The van der Waals surface area contributed by atoms with E-state index in [2.05, 4.69) is 15.3 Å². The average Bonchev–Trinajstić information content (AvgIpc) is 3.05. The van der Waals surface area contributed by atoms with Crippen molar-refractivity contribution < 1.29 is 31.8 Å². The molecule has 0 atom stereocenters. The number of methoxy groups -OCH3 is 1. The van der Waals surface area contributed by atoms with E-state index in [0.717, 1.165) is 12.4 Å². The third-order valence-corrected chi connectivity index (χ3v) is 5.66. The lowest BCUT2D eigenvalue weighted by molar-refractivity contribution is 0.194. The minimum absolute atomic E-state index is 0.0173. The Labute approximate surface area is 170 Å². The number of carbonyl (C=O) groups is 1. The molecule has 0 saturated heterocycles. The maximum Gasteiger partial charge on any atom is 0.404 e. The van der Waals surface area contributed by atoms with Gasteiger partial charge in [-0.15, -0.1) is 0 Å². The Balaban J connectivity index is 2.19. The summed E-state index contributed by atoms with van der Waals surface area (Å²) >= 11 is 0. The van der Waals surface area contributed by atoms with Crippen LogP contribution in [0.2, 0.25) is 0 Å². The molecule has 0 spiro atoms. The number of nitrogens with one attached hydrogen (secondary N) is 1. The zero-order chi connectivity index (χ0) is 21.9. The second kappa shape index (κ2) is 8.45. The minimum Gasteiger partial charge on any atom is -0.481 e. The Hall–Kier alpha value is -3.54. The molecule has 12 heteroatoms. The van der Waals surface area contributed by atoms with Crippen LogP contribution >= 0.6 is 0 Å². The molecule has 0 aliphatic rings. The molecule has 3 heterocycles. The first kappa shape index (κ1) is 21.2. The van der Waals surface area contributed by atoms with Crippen LogP contribution in [0.15, 0.2) is 47.8 Å². The van der Waals surface area contributed by atoms with Crippen LogP contribution in [0.5, 0.6) is 5.88 Å². The van der Waals surface area contributed by atoms with Gasteiger partial charge in [-0.2, -0.15) is 17.8 Å². The molecule has 1 amide bonds. The number of amides is 1. The van der Waals surface area contributed by atoms with Crippen LogP contribution in [0.25, 0.3) is 11.3 Å². The van der Waals surface area contributed by atoms with Gasteiger partial charge in [0.1, 0.15) is 5.69 Å². The number of rotatable bonds is 7. The maximum atomic E-state index is 15.2. The molecule has 3 rings (SSSR count). The minimum atomic E-state index is -4.46. The first-order chi connectivity index (χ1) is 14.3. The normalized spacial score (nSPS) is 11.3. The molecular formula is C18H16F2N4O5S. The van der Waals surface area contributed by atoms with E-state index in [1.165, 1.54) is 37.4 Å². The van der Waals surface area contributed by atoms with Gasteiger partial charge >= 0.3 is 6.09 Å². The highest BCUT2D eigenvalue weighted by Crippen LogP contribution is 2.32. The summed E-state index contributed by atoms with van der Waals surface area (Å²) in [5, 5.41) is 10.3. The monoisotopic (exact) mass is 438 g/mol. The molecule has 0 bridgehead atoms. The first-order valence-corrected chi connectivity index (χ1v) is 9.93. The SMILES string of the molecule is COc1cccc(S(=O)(=O)n2cc(CCNC(=O)O)c(F)c2-c2cccnc2F)n1. The Kier molecular flexibility index (Phi) is 5.96. The van der Waals surface area contributed by atoms with E-state index in [1.807, 2.05) is 0 Å². The van der Waals surface area contributed by atoms with Crippen LogP contribution in [-0.4, -0.2) is 47.2 Å². The van der Waals surface area contributed by atoms with Crippen LogP contribution in [0.4, 0.5) is 13.6 Å². The number of halogens is 2. The van der Waals surface area contributed by atoms with Gasteiger partial charge in [0.15, 0.2) is 10.8 Å². The third-order valence-electron chi connectivity index (χ3n) is 4.10. The van der Waals surface area contributed by atoms with Crippen molar-refractivity contribution in [2.24, 2.45) is 0 Å². The largest absolute Gasteiger partial charge is 0.481 e. The highest BCUT2D eigenvalue weighted by atomic mass is 32.2. The fourth-order valence-electron chi connectivity index (χ4n) is 2.73. The van der Waals surface area contributed by atoms with Gasteiger partial charge in [-0.25, -0.2) is 18.1 Å². The van der Waals surface area contributed by atoms with Crippen LogP contribution in [0, 0.1) is 11.8 Å². The van der Waals surface area contributed by atoms with Gasteiger partial charge in [0.2, 0.25) is 11.8 Å². The van der Waals surface area contributed by atoms with Gasteiger partial charge in [-0.3, -0.25) is 0 Å². The van der Waals surface area contributed by atoms with E-state index >= 15 is 4.39 Å². The second-order valence-corrected chi connectivity index (χ2v) is 7.72. The van der Waals surface area contributed by atoms with Crippen LogP contribution in [0.1, 0.15) is 5.56 Å². The summed E-state index contributed by atoms with van der Waals surface area (Å²) in [5.74, 6) is -2.07. The van der Waals surface area contributed by atoms with Crippen molar-refractivity contribution in [1.29, 1.82) is 0 Å². The summed E-state index contributed by atoms with van der Waals surface area (Å²) in [6.07, 6.45) is 0.624. The fourth-order valence-corrected chi connectivity index (χ4v) is 4.08. The van der Waals surface area contributed by atoms with Gasteiger partial charge in [0, 0.05) is 30.6 Å². The Morgan fingerprint density at radius 2 is 2.03 bits per heavy atom. The molecule has 0 aromatic carbocycles. The summed E-state index contributed by atoms with van der Waals surface area (Å²) in [6, 6.07) is 6.52. The van der Waals surface area contributed by atoms with E-state index < -0.39 is 38.6 Å². The van der Waals surface area contributed by atoms with Gasteiger partial charge in [-0.1, -0.05) is 6.07 Å². The molecule has 30 heavy (non-hydrogen) atoms. The summed E-state index contributed by atoms with van der Waals surface area (Å²) in [4.78, 5) is 17.9. The van der Waals surface area contributed by atoms with Crippen molar-refractivity contribution in [1.82, 2.24) is 19.3 Å². The molecule has 3 aromatic heterocycles. The Morgan fingerprint density at radius 1 is 1.27 bits per heavy atom. The molecule has 158 valence electrons. The molecule has 0 aliphatic carbocycles. The molecule has 0 saturated carbocycles. The molecule has 0 radical (unpaired) electrons. The van der Waals surface area contributed by atoms with Crippen LogP contribution in [-0.2, 0) is 16.4 Å². The lowest BCUT2D eigenvalue weighted by atomic mass is 10.1. The third kappa shape index (κ3) is 4.08. The van der Waals surface area contributed by atoms with E-state index in [0.29, 0.717) is 3.97 Å². The number of carboxylic acid groups (broad SMARTS) is 1. The predicted octanol–water partition coefficient (Wildman–Crippen LogP) is 2.28. The van der Waals surface area contributed by atoms with Crippen molar-refractivity contribution >= 4 is 16.1 Å². The van der Waals surface area contributed by atoms with Crippen molar-refractivity contribution in [3.05, 3.63) is 60.1 Å². The Morgan fingerprint density at radius 3 is 2.70 bits per heavy atom. The van der Waals surface area contributed by atoms with Gasteiger partial charge in [0.25, 0.3) is 10.0 Å². The molecule has 2 N–H and O–H groups in total. The lowest BCUT2D eigenvalue weighted by Crippen LogP contribution is -2.23. The van der Waals surface area contributed by atoms with Crippen molar-refractivity contribution in [2.45, 2.75) is 11.4 Å². The van der Waals surface area contributed by atoms with E-state index in [4.69, 9.17) is 9.84 Å². The zero-order valence-corrected chi connectivity index (χ0v) is 16.4. The van der Waals surface area contributed by atoms with Gasteiger partial charge in [-0.05, 0) is 24.6 Å². The van der Waals surface area contributed by atoms with E-state index in [9.17, 15) is 17.6 Å². The number of pyridine rings is 2. The molecule has 0 aliphatic heterocycles. The highest BCUT2D eigenvalue weighted by molar-refractivity contribution is 7.90. The van der Waals surface area contributed by atoms with Crippen LogP contribution < -0.4 is 10.1 Å². The second-order valence-electron chi connectivity index (χ2n) is 5.96. The predicted molar refractivity (Wildman–Crippen MR) is 101 cm³/mol. The summed E-state index contributed by atoms with van der Waals surface area (Å²) in [5.41, 5.74) is -1.08. The van der Waals surface area contributed by atoms with Crippen molar-refractivity contribution in [3.8, 4) is 17.1 Å². The highest BCUT2D eigenvalue weighted by Gasteiger charge is 2.29. The smallest absolute Gasteiger partial charge is 0.404 e. The zero-order valence-electron chi connectivity index (χ0n) is 15.5. The van der Waals surface area contributed by atoms with Crippen molar-refractivity contribution in [2.75, 3.05) is 13.7 Å². The number of hydrogen-bond acceptors (Lipinski definition) is 6. The van der Waals surface area contributed by atoms with Crippen LogP contribution in [0.3, 0.4) is 0 Å². The van der Waals surface area contributed by atoms with Crippen molar-refractivity contribution in [3.63, 3.8) is 0 Å². The quantitative estimate of drug-likeness (QED) is 0.543. The van der Waals surface area contributed by atoms with E-state index in [-0.39, 0.29) is 30.0 Å². The summed E-state index contributed by atoms with van der Waals surface area (Å²) in [7, 11) is -3.15. The number of ether oxygens (including phenoxy) is 1. The molecule has 3 aromatic rings. The standard InChI is InChI=1S/C18H16F2N4O5S/c1-29-13-5-2-6-14(23-13)30(27,28)24-10-11(7-9-22-18(25)26)15(19)16(24)12-4-3-8-21-17(12)20/h2-6,8,10,22H,7,9H2,1H3,(H,25,26). The van der Waals surface area contributed by atoms with Gasteiger partial charge in [0.05, 0.1) is 12.7 Å². The maximum absolute atomic E-state index is 15.2. The Bertz CT molecular complexity index is 1200. The summed E-state index contributed by atoms with van der Waals surface area (Å²) in [6.45, 7) is -0.178. The molecule has 0 unspecified atom stereocenters. The molecule has 9 nitrogen and oxygen atoms in total. The average molecular weight is 438 g/mol. The topological polar surface area (TPSA) is 123 Å². The fraction of sp³-hybridized carbons (Fsp3) is 0.167. The number of nitrogens with zero attached hydrogens (tertiary/aromatic N) is 3. The number of hydrogen-bond donors (Lipinski definition) is 2. The molecular weight excluding hydrogens is 422 g/mol. The molecule has 0 fully saturated rings. The number of aromatic nitrogens is 3. The van der Waals surface area contributed by atoms with E-state index in [1.54, 1.807) is 0 Å². The first-order valence-electron chi connectivity index (χ1n) is 8.49. The van der Waals surface area contributed by atoms with Gasteiger partial charge < -0.3 is 15.2 Å².